The van der Waals surface area contributed by atoms with Crippen LogP contribution in [0.5, 0.6) is 5.75 Å². The molecule has 0 atom stereocenters. The molecule has 1 aliphatic rings. The quantitative estimate of drug-likeness (QED) is 0.297. The summed E-state index contributed by atoms with van der Waals surface area (Å²) in [4.78, 5) is 6.21. The van der Waals surface area contributed by atoms with Gasteiger partial charge in [0.2, 0.25) is 0 Å². The smallest absolute Gasteiger partial charge is 0.193 e. The van der Waals surface area contributed by atoms with Crippen molar-refractivity contribution in [3.63, 3.8) is 0 Å². The van der Waals surface area contributed by atoms with Crippen LogP contribution in [-0.2, 0) is 9.84 Å². The van der Waals surface area contributed by atoms with Crippen molar-refractivity contribution in [3.05, 3.63) is 29.3 Å². The summed E-state index contributed by atoms with van der Waals surface area (Å²) in [5.74, 6) is 1.46. The second kappa shape index (κ2) is 9.27. The monoisotopic (exact) mass is 501 g/mol. The van der Waals surface area contributed by atoms with Crippen molar-refractivity contribution in [2.24, 2.45) is 4.99 Å². The minimum absolute atomic E-state index is 0. The fourth-order valence-corrected chi connectivity index (χ4v) is 4.10. The first-order valence-corrected chi connectivity index (χ1v) is 9.85. The van der Waals surface area contributed by atoms with E-state index < -0.39 is 14.6 Å². The van der Waals surface area contributed by atoms with Gasteiger partial charge in [-0.05, 0) is 26.0 Å². The minimum Gasteiger partial charge on any atom is -0.490 e. The standard InChI is InChI=1S/C16H24ClN3O3S.HI/c1-16(2)12-20(9-11-24(16,21)22)15(18-3)19-8-10-23-14-7-5-4-6-13(14)17;/h4-7H,8-12H2,1-3H3,(H,18,19);1H. The van der Waals surface area contributed by atoms with Crippen LogP contribution in [0.2, 0.25) is 5.02 Å². The second-order valence-corrected chi connectivity index (χ2v) is 9.40. The van der Waals surface area contributed by atoms with Crippen LogP contribution in [0.25, 0.3) is 0 Å². The number of nitrogens with zero attached hydrogens (tertiary/aromatic N) is 2. The van der Waals surface area contributed by atoms with Crippen LogP contribution in [-0.4, -0.2) is 63.1 Å². The van der Waals surface area contributed by atoms with E-state index in [0.717, 1.165) is 0 Å². The highest BCUT2D eigenvalue weighted by atomic mass is 127. The molecule has 1 saturated heterocycles. The van der Waals surface area contributed by atoms with Crippen molar-refractivity contribution in [2.45, 2.75) is 18.6 Å². The molecule has 142 valence electrons. The van der Waals surface area contributed by atoms with E-state index in [4.69, 9.17) is 16.3 Å². The molecule has 6 nitrogen and oxygen atoms in total. The fourth-order valence-electron chi connectivity index (χ4n) is 2.54. The fraction of sp³-hybridized carbons (Fsp3) is 0.562. The first-order valence-electron chi connectivity index (χ1n) is 7.82. The molecule has 1 aromatic carbocycles. The molecule has 1 aromatic rings. The molecule has 0 spiro atoms. The van der Waals surface area contributed by atoms with Crippen LogP contribution >= 0.6 is 35.6 Å². The maximum Gasteiger partial charge on any atom is 0.193 e. The predicted octanol–water partition coefficient (Wildman–Crippen LogP) is 2.42. The van der Waals surface area contributed by atoms with E-state index >= 15 is 0 Å². The second-order valence-electron chi connectivity index (χ2n) is 6.25. The average molecular weight is 502 g/mol. The topological polar surface area (TPSA) is 71.0 Å². The first-order chi connectivity index (χ1) is 11.3. The summed E-state index contributed by atoms with van der Waals surface area (Å²) in [6.45, 7) is 5.33. The summed E-state index contributed by atoms with van der Waals surface area (Å²) >= 11 is 6.04. The maximum absolute atomic E-state index is 12.1. The normalized spacial score (nSPS) is 19.0. The zero-order valence-corrected chi connectivity index (χ0v) is 18.6. The van der Waals surface area contributed by atoms with Gasteiger partial charge in [0, 0.05) is 20.1 Å². The number of hydrogen-bond donors (Lipinski definition) is 1. The number of benzene rings is 1. The maximum atomic E-state index is 12.1. The van der Waals surface area contributed by atoms with Gasteiger partial charge in [-0.2, -0.15) is 0 Å². The molecule has 0 aromatic heterocycles. The van der Waals surface area contributed by atoms with Gasteiger partial charge in [-0.1, -0.05) is 23.7 Å². The number of guanidine groups is 1. The highest BCUT2D eigenvalue weighted by molar-refractivity contribution is 14.0. The number of para-hydroxylation sites is 1. The van der Waals surface area contributed by atoms with Crippen molar-refractivity contribution in [2.75, 3.05) is 39.0 Å². The predicted molar refractivity (Wildman–Crippen MR) is 113 cm³/mol. The summed E-state index contributed by atoms with van der Waals surface area (Å²) < 4.78 is 29.0. The molecule has 0 amide bonds. The van der Waals surface area contributed by atoms with E-state index in [2.05, 4.69) is 10.3 Å². The largest absolute Gasteiger partial charge is 0.490 e. The molecule has 1 N–H and O–H groups in total. The zero-order chi connectivity index (χ0) is 17.8. The highest BCUT2D eigenvalue weighted by Gasteiger charge is 2.40. The average Bonchev–Trinajstić information content (AvgIpc) is 2.52. The van der Waals surface area contributed by atoms with Gasteiger partial charge in [0.05, 0.1) is 22.1 Å². The molecule has 0 bridgehead atoms. The van der Waals surface area contributed by atoms with Gasteiger partial charge in [0.15, 0.2) is 15.8 Å². The van der Waals surface area contributed by atoms with E-state index in [-0.39, 0.29) is 29.7 Å². The number of sulfone groups is 1. The Bertz CT molecular complexity index is 710. The molecule has 9 heteroatoms. The molecule has 1 aliphatic heterocycles. The summed E-state index contributed by atoms with van der Waals surface area (Å²) in [6.07, 6.45) is 0. The lowest BCUT2D eigenvalue weighted by atomic mass is 10.2. The molecule has 25 heavy (non-hydrogen) atoms. The van der Waals surface area contributed by atoms with Crippen molar-refractivity contribution in [1.82, 2.24) is 10.2 Å². The summed E-state index contributed by atoms with van der Waals surface area (Å²) in [5.41, 5.74) is 0. The lowest BCUT2D eigenvalue weighted by molar-refractivity contribution is 0.313. The number of ether oxygens (including phenoxy) is 1. The zero-order valence-electron chi connectivity index (χ0n) is 14.7. The van der Waals surface area contributed by atoms with E-state index in [9.17, 15) is 8.42 Å². The Labute approximate surface area is 171 Å². The minimum atomic E-state index is -3.07. The van der Waals surface area contributed by atoms with Gasteiger partial charge in [-0.15, -0.1) is 24.0 Å². The first kappa shape index (κ1) is 22.3. The number of halogens is 2. The molecule has 0 aliphatic carbocycles. The Morgan fingerprint density at radius 1 is 1.40 bits per heavy atom. The Balaban J connectivity index is 0.00000312. The summed E-state index contributed by atoms with van der Waals surface area (Å²) in [5, 5.41) is 3.78. The number of rotatable bonds is 4. The van der Waals surface area contributed by atoms with E-state index in [0.29, 0.717) is 43.0 Å². The van der Waals surface area contributed by atoms with Crippen molar-refractivity contribution in [1.29, 1.82) is 0 Å². The third-order valence-corrected chi connectivity index (χ3v) is 6.88. The van der Waals surface area contributed by atoms with Gasteiger partial charge in [0.25, 0.3) is 0 Å². The van der Waals surface area contributed by atoms with Crippen molar-refractivity contribution in [3.8, 4) is 5.75 Å². The lowest BCUT2D eigenvalue weighted by Crippen LogP contribution is -2.57. The number of hydrogen-bond acceptors (Lipinski definition) is 4. The molecular weight excluding hydrogens is 477 g/mol. The van der Waals surface area contributed by atoms with Crippen molar-refractivity contribution >= 4 is 51.4 Å². The third-order valence-electron chi connectivity index (χ3n) is 4.03. The Hall–Kier alpha value is -0.740. The molecule has 0 radical (unpaired) electrons. The summed E-state index contributed by atoms with van der Waals surface area (Å²) in [6, 6.07) is 7.31. The molecule has 0 unspecified atom stereocenters. The van der Waals surface area contributed by atoms with Crippen LogP contribution in [0.1, 0.15) is 13.8 Å². The van der Waals surface area contributed by atoms with E-state index in [1.54, 1.807) is 27.0 Å². The molecule has 1 fully saturated rings. The third kappa shape index (κ3) is 5.62. The lowest BCUT2D eigenvalue weighted by Gasteiger charge is -2.39. The van der Waals surface area contributed by atoms with E-state index in [1.807, 2.05) is 23.1 Å². The van der Waals surface area contributed by atoms with E-state index in [1.165, 1.54) is 0 Å². The SMILES string of the molecule is CN=C(NCCOc1ccccc1Cl)N1CCS(=O)(=O)C(C)(C)C1.I. The van der Waals surface area contributed by atoms with Crippen LogP contribution in [0.4, 0.5) is 0 Å². The Morgan fingerprint density at radius 3 is 2.68 bits per heavy atom. The van der Waals surface area contributed by atoms with Crippen LogP contribution in [0, 0.1) is 0 Å². The molecule has 2 rings (SSSR count). The molecule has 0 saturated carbocycles. The van der Waals surface area contributed by atoms with Crippen LogP contribution < -0.4 is 10.1 Å². The van der Waals surface area contributed by atoms with Crippen LogP contribution in [0.3, 0.4) is 0 Å². The molecule has 1 heterocycles. The summed E-state index contributed by atoms with van der Waals surface area (Å²) in [7, 11) is -1.38. The Kier molecular flexibility index (Phi) is 8.27. The van der Waals surface area contributed by atoms with Crippen LogP contribution in [0.15, 0.2) is 29.3 Å². The van der Waals surface area contributed by atoms with Gasteiger partial charge in [-0.25, -0.2) is 8.42 Å². The Morgan fingerprint density at radius 2 is 2.08 bits per heavy atom. The van der Waals surface area contributed by atoms with Gasteiger partial charge >= 0.3 is 0 Å². The van der Waals surface area contributed by atoms with Gasteiger partial charge in [0.1, 0.15) is 12.4 Å². The highest BCUT2D eigenvalue weighted by Crippen LogP contribution is 2.24. The van der Waals surface area contributed by atoms with Gasteiger partial charge < -0.3 is 15.0 Å². The van der Waals surface area contributed by atoms with Gasteiger partial charge in [-0.3, -0.25) is 4.99 Å². The number of nitrogens with one attached hydrogen (secondary N) is 1. The molecular formula is C16H25ClIN3O3S. The number of aliphatic imine (C=N–C) groups is 1. The van der Waals surface area contributed by atoms with Crippen molar-refractivity contribution < 1.29 is 13.2 Å².